The Kier molecular flexibility index (Phi) is 11.8. The third kappa shape index (κ3) is 8.85. The van der Waals surface area contributed by atoms with Crippen LogP contribution in [0, 0.1) is 11.3 Å². The van der Waals surface area contributed by atoms with E-state index in [1.807, 2.05) is 0 Å². The van der Waals surface area contributed by atoms with Gasteiger partial charge in [0.2, 0.25) is 21.8 Å². The maximum absolute atomic E-state index is 14.0. The summed E-state index contributed by atoms with van der Waals surface area (Å²) in [6.07, 6.45) is 3.81. The normalized spacial score (nSPS) is 14.4. The molecule has 3 aromatic carbocycles. The number of piperidine rings is 1. The van der Waals surface area contributed by atoms with Crippen LogP contribution in [0.1, 0.15) is 43.2 Å². The Bertz CT molecular complexity index is 1650. The smallest absolute Gasteiger partial charge is 0.241 e. The fourth-order valence-electron chi connectivity index (χ4n) is 5.74. The van der Waals surface area contributed by atoms with E-state index < -0.39 is 16.1 Å². The number of ether oxygens (including phenoxy) is 2. The van der Waals surface area contributed by atoms with Gasteiger partial charge in [0.1, 0.15) is 23.4 Å². The van der Waals surface area contributed by atoms with E-state index >= 15 is 0 Å². The van der Waals surface area contributed by atoms with Crippen LogP contribution in [0.3, 0.4) is 0 Å². The summed E-state index contributed by atoms with van der Waals surface area (Å²) in [6, 6.07) is 17.6. The second-order valence-corrected chi connectivity index (χ2v) is 13.1. The first-order valence-electron chi connectivity index (χ1n) is 15.3. The molecule has 0 radical (unpaired) electrons. The Labute approximate surface area is 271 Å². The molecule has 1 fully saturated rings. The van der Waals surface area contributed by atoms with E-state index in [2.05, 4.69) is 10.0 Å². The van der Waals surface area contributed by atoms with Gasteiger partial charge in [0.25, 0.3) is 0 Å². The van der Waals surface area contributed by atoms with Gasteiger partial charge in [-0.15, -0.1) is 0 Å². The van der Waals surface area contributed by atoms with Crippen molar-refractivity contribution in [3.63, 3.8) is 0 Å². The van der Waals surface area contributed by atoms with Gasteiger partial charge in [-0.2, -0.15) is 4.72 Å². The van der Waals surface area contributed by atoms with E-state index in [4.69, 9.17) is 20.6 Å². The van der Waals surface area contributed by atoms with E-state index in [0.717, 1.165) is 25.7 Å². The number of nitrogens with two attached hydrogens (primary N) is 1. The van der Waals surface area contributed by atoms with E-state index in [-0.39, 0.29) is 29.0 Å². The summed E-state index contributed by atoms with van der Waals surface area (Å²) in [5.41, 5.74) is 8.17. The molecule has 1 aliphatic heterocycles. The molecule has 12 heteroatoms. The summed E-state index contributed by atoms with van der Waals surface area (Å²) in [7, 11) is 0.561. The number of sulfonamides is 1. The lowest BCUT2D eigenvalue weighted by atomic mass is 9.91. The molecule has 0 aliphatic carbocycles. The molecular formula is C34H43N5O6S. The minimum atomic E-state index is -4.15. The van der Waals surface area contributed by atoms with Crippen LogP contribution in [0.15, 0.2) is 71.6 Å². The maximum Gasteiger partial charge on any atom is 0.241 e. The number of amides is 2. The van der Waals surface area contributed by atoms with Gasteiger partial charge in [0, 0.05) is 43.8 Å². The number of nitrogen functional groups attached to an aromatic ring is 1. The quantitative estimate of drug-likeness (QED) is 0.153. The fourth-order valence-corrected chi connectivity index (χ4v) is 6.98. The zero-order valence-corrected chi connectivity index (χ0v) is 27.4. The third-order valence-corrected chi connectivity index (χ3v) is 9.83. The van der Waals surface area contributed by atoms with Gasteiger partial charge in [-0.3, -0.25) is 15.0 Å². The zero-order chi connectivity index (χ0) is 33.3. The summed E-state index contributed by atoms with van der Waals surface area (Å²) in [5.74, 6) is 1.12. The molecule has 0 aromatic heterocycles. The molecule has 1 atom stereocenters. The lowest BCUT2D eigenvalue weighted by molar-refractivity contribution is -0.134. The van der Waals surface area contributed by atoms with Crippen LogP contribution in [-0.4, -0.2) is 71.4 Å². The van der Waals surface area contributed by atoms with E-state index in [1.54, 1.807) is 79.7 Å². The van der Waals surface area contributed by atoms with Gasteiger partial charge in [0.05, 0.1) is 19.1 Å². The van der Waals surface area contributed by atoms with Crippen molar-refractivity contribution in [1.82, 2.24) is 14.9 Å². The number of nitrogens with zero attached hydrogens (tertiary/aromatic N) is 1. The number of rotatable bonds is 14. The van der Waals surface area contributed by atoms with Crippen molar-refractivity contribution in [3.8, 4) is 22.6 Å². The third-order valence-electron chi connectivity index (χ3n) is 8.36. The second kappa shape index (κ2) is 15.7. The number of methoxy groups -OCH3 is 2. The Morgan fingerprint density at radius 2 is 1.76 bits per heavy atom. The number of carbonyl (C=O) groups is 2. The molecule has 46 heavy (non-hydrogen) atoms. The fraction of sp³-hybridized carbons (Fsp3) is 0.382. The van der Waals surface area contributed by atoms with Crippen LogP contribution < -0.4 is 25.2 Å². The Balaban J connectivity index is 1.56. The van der Waals surface area contributed by atoms with E-state index in [1.165, 1.54) is 13.2 Å². The standard InChI is InChI=1S/C34H43N5O6S/c1-37-32(40)12-5-7-23-15-17-39(18-16-23)34(41)30(20-24-8-4-10-26(19-24)33(35)36)38-46(42,43)28-11-6-9-25(21-28)29-14-13-27(44-2)22-31(29)45-3/h4,6,8-11,13-14,19,21-23,30,38H,5,7,12,15-18,20H2,1-3H3,(H3,35,36)(H,37,40)/t30-/m0/s1. The highest BCUT2D eigenvalue weighted by atomic mass is 32.2. The lowest BCUT2D eigenvalue weighted by Crippen LogP contribution is -2.51. The first-order valence-corrected chi connectivity index (χ1v) is 16.8. The predicted molar refractivity (Wildman–Crippen MR) is 177 cm³/mol. The first-order chi connectivity index (χ1) is 22.0. The van der Waals surface area contributed by atoms with Crippen LogP contribution >= 0.6 is 0 Å². The van der Waals surface area contributed by atoms with Crippen molar-refractivity contribution in [1.29, 1.82) is 5.41 Å². The zero-order valence-electron chi connectivity index (χ0n) is 26.5. The maximum atomic E-state index is 14.0. The van der Waals surface area contributed by atoms with Crippen molar-refractivity contribution >= 4 is 27.7 Å². The van der Waals surface area contributed by atoms with Crippen molar-refractivity contribution in [3.05, 3.63) is 77.9 Å². The molecule has 5 N–H and O–H groups in total. The number of benzene rings is 3. The molecule has 2 amide bonds. The molecule has 11 nitrogen and oxygen atoms in total. The average molecular weight is 650 g/mol. The lowest BCUT2D eigenvalue weighted by Gasteiger charge is -2.34. The first kappa shape index (κ1) is 34.5. The van der Waals surface area contributed by atoms with Crippen molar-refractivity contribution in [2.75, 3.05) is 34.4 Å². The predicted octanol–water partition coefficient (Wildman–Crippen LogP) is 3.70. The van der Waals surface area contributed by atoms with E-state index in [9.17, 15) is 18.0 Å². The monoisotopic (exact) mass is 649 g/mol. The molecule has 3 aromatic rings. The molecule has 246 valence electrons. The number of amidine groups is 1. The summed E-state index contributed by atoms with van der Waals surface area (Å²) < 4.78 is 41.2. The van der Waals surface area contributed by atoms with Crippen LogP contribution in [0.25, 0.3) is 11.1 Å². The van der Waals surface area contributed by atoms with Gasteiger partial charge < -0.3 is 25.4 Å². The summed E-state index contributed by atoms with van der Waals surface area (Å²) in [5, 5.41) is 10.5. The summed E-state index contributed by atoms with van der Waals surface area (Å²) >= 11 is 0. The van der Waals surface area contributed by atoms with Gasteiger partial charge in [-0.25, -0.2) is 8.42 Å². The molecule has 1 aliphatic rings. The highest BCUT2D eigenvalue weighted by molar-refractivity contribution is 7.89. The van der Waals surface area contributed by atoms with Crippen molar-refractivity contribution < 1.29 is 27.5 Å². The van der Waals surface area contributed by atoms with Crippen LogP contribution in [-0.2, 0) is 26.0 Å². The summed E-state index contributed by atoms with van der Waals surface area (Å²) in [4.78, 5) is 27.3. The van der Waals surface area contributed by atoms with Gasteiger partial charge in [-0.1, -0.05) is 30.3 Å². The number of carbonyl (C=O) groups excluding carboxylic acids is 2. The highest BCUT2D eigenvalue weighted by Crippen LogP contribution is 2.34. The Morgan fingerprint density at radius 3 is 2.43 bits per heavy atom. The minimum absolute atomic E-state index is 0.00739. The molecular weight excluding hydrogens is 606 g/mol. The van der Waals surface area contributed by atoms with Crippen LogP contribution in [0.5, 0.6) is 11.5 Å². The molecule has 1 heterocycles. The number of hydrogen-bond donors (Lipinski definition) is 4. The number of nitrogens with one attached hydrogen (secondary N) is 3. The molecule has 0 unspecified atom stereocenters. The minimum Gasteiger partial charge on any atom is -0.497 e. The number of likely N-dealkylation sites (tertiary alicyclic amines) is 1. The second-order valence-electron chi connectivity index (χ2n) is 11.4. The topological polar surface area (TPSA) is 164 Å². The van der Waals surface area contributed by atoms with Crippen LogP contribution in [0.2, 0.25) is 0 Å². The molecule has 4 rings (SSSR count). The molecule has 0 saturated carbocycles. The van der Waals surface area contributed by atoms with Crippen molar-refractivity contribution in [2.24, 2.45) is 11.7 Å². The highest BCUT2D eigenvalue weighted by Gasteiger charge is 2.32. The van der Waals surface area contributed by atoms with Crippen LogP contribution in [0.4, 0.5) is 0 Å². The molecule has 0 bridgehead atoms. The Morgan fingerprint density at radius 1 is 1.02 bits per heavy atom. The number of hydrogen-bond acceptors (Lipinski definition) is 7. The van der Waals surface area contributed by atoms with Gasteiger partial charge >= 0.3 is 0 Å². The Hall–Kier alpha value is -4.42. The summed E-state index contributed by atoms with van der Waals surface area (Å²) in [6.45, 7) is 1.00. The van der Waals surface area contributed by atoms with Gasteiger partial charge in [-0.05, 0) is 79.5 Å². The van der Waals surface area contributed by atoms with Crippen molar-refractivity contribution in [2.45, 2.75) is 49.5 Å². The molecule has 0 spiro atoms. The average Bonchev–Trinajstić information content (AvgIpc) is 3.07. The molecule has 1 saturated heterocycles. The largest absolute Gasteiger partial charge is 0.497 e. The van der Waals surface area contributed by atoms with Gasteiger partial charge in [0.15, 0.2) is 0 Å². The SMILES string of the molecule is CNC(=O)CCCC1CCN(C(=O)[C@H](Cc2cccc(C(=N)N)c2)NS(=O)(=O)c2cccc(-c3ccc(OC)cc3OC)c2)CC1. The van der Waals surface area contributed by atoms with E-state index in [0.29, 0.717) is 59.2 Å².